The van der Waals surface area contributed by atoms with E-state index < -0.39 is 6.10 Å². The molecule has 1 atom stereocenters. The highest BCUT2D eigenvalue weighted by Gasteiger charge is 2.17. The van der Waals surface area contributed by atoms with Crippen LogP contribution < -0.4 is 0 Å². The number of fused-ring (bicyclic) bond motifs is 1. The van der Waals surface area contributed by atoms with Crippen LogP contribution in [0.3, 0.4) is 0 Å². The lowest BCUT2D eigenvalue weighted by molar-refractivity contribution is 0.134. The second kappa shape index (κ2) is 5.08. The summed E-state index contributed by atoms with van der Waals surface area (Å²) >= 11 is 3.51. The quantitative estimate of drug-likeness (QED) is 0.910. The van der Waals surface area contributed by atoms with Gasteiger partial charge in [0.15, 0.2) is 0 Å². The summed E-state index contributed by atoms with van der Waals surface area (Å²) in [5, 5.41) is 10.6. The molecule has 3 rings (SSSR count). The number of hydrogen-bond acceptors (Lipinski definition) is 2. The van der Waals surface area contributed by atoms with Gasteiger partial charge in [-0.15, -0.1) is 0 Å². The zero-order valence-electron chi connectivity index (χ0n) is 10.7. The van der Waals surface area contributed by atoms with E-state index in [1.807, 2.05) is 43.3 Å². The maximum absolute atomic E-state index is 10.6. The van der Waals surface area contributed by atoms with E-state index >= 15 is 0 Å². The Morgan fingerprint density at radius 1 is 1.16 bits per heavy atom. The van der Waals surface area contributed by atoms with Crippen molar-refractivity contribution in [3.8, 4) is 0 Å². The van der Waals surface area contributed by atoms with Crippen molar-refractivity contribution in [2.24, 2.45) is 0 Å². The van der Waals surface area contributed by atoms with Crippen LogP contribution in [-0.4, -0.2) is 5.11 Å². The second-order valence-electron chi connectivity index (χ2n) is 4.88. The van der Waals surface area contributed by atoms with E-state index in [-0.39, 0.29) is 0 Å². The SMILES string of the molecule is Cc1c(Br)cccc1C(O)c1ccc2c(c1)COC2. The first-order chi connectivity index (χ1) is 9.16. The average Bonchev–Trinajstić information content (AvgIpc) is 2.88. The molecule has 0 amide bonds. The first-order valence-corrected chi connectivity index (χ1v) is 7.08. The summed E-state index contributed by atoms with van der Waals surface area (Å²) in [5.74, 6) is 0. The first kappa shape index (κ1) is 12.9. The largest absolute Gasteiger partial charge is 0.384 e. The minimum Gasteiger partial charge on any atom is -0.384 e. The molecule has 1 unspecified atom stereocenters. The predicted molar refractivity (Wildman–Crippen MR) is 77.9 cm³/mol. The third-order valence-electron chi connectivity index (χ3n) is 3.67. The molecule has 2 nitrogen and oxygen atoms in total. The highest BCUT2D eigenvalue weighted by Crippen LogP contribution is 2.31. The molecule has 0 saturated carbocycles. The molecule has 0 radical (unpaired) electrons. The van der Waals surface area contributed by atoms with Crippen LogP contribution >= 0.6 is 15.9 Å². The van der Waals surface area contributed by atoms with E-state index in [1.54, 1.807) is 0 Å². The molecule has 1 heterocycles. The van der Waals surface area contributed by atoms with Gasteiger partial charge in [0, 0.05) is 4.47 Å². The molecule has 0 fully saturated rings. The van der Waals surface area contributed by atoms with Gasteiger partial charge in [-0.05, 0) is 40.8 Å². The maximum atomic E-state index is 10.6. The number of ether oxygens (including phenoxy) is 1. The molecule has 0 saturated heterocycles. The molecule has 0 aromatic heterocycles. The van der Waals surface area contributed by atoms with Gasteiger partial charge in [0.1, 0.15) is 6.10 Å². The van der Waals surface area contributed by atoms with Gasteiger partial charge in [-0.25, -0.2) is 0 Å². The monoisotopic (exact) mass is 318 g/mol. The Labute approximate surface area is 121 Å². The van der Waals surface area contributed by atoms with E-state index in [2.05, 4.69) is 15.9 Å². The van der Waals surface area contributed by atoms with E-state index in [0.29, 0.717) is 13.2 Å². The van der Waals surface area contributed by atoms with Crippen LogP contribution in [0.15, 0.2) is 40.9 Å². The summed E-state index contributed by atoms with van der Waals surface area (Å²) in [6, 6.07) is 12.0. The molecule has 2 aromatic carbocycles. The van der Waals surface area contributed by atoms with Crippen LogP contribution in [-0.2, 0) is 18.0 Å². The molecule has 98 valence electrons. The summed E-state index contributed by atoms with van der Waals surface area (Å²) < 4.78 is 6.43. The minimum atomic E-state index is -0.594. The molecule has 1 aliphatic heterocycles. The Bertz CT molecular complexity index is 622. The predicted octanol–water partition coefficient (Wildman–Crippen LogP) is 3.87. The topological polar surface area (TPSA) is 29.5 Å². The molecule has 2 aromatic rings. The van der Waals surface area contributed by atoms with Gasteiger partial charge >= 0.3 is 0 Å². The smallest absolute Gasteiger partial charge is 0.104 e. The van der Waals surface area contributed by atoms with E-state index in [9.17, 15) is 5.11 Å². The summed E-state index contributed by atoms with van der Waals surface area (Å²) in [5.41, 5.74) is 5.34. The van der Waals surface area contributed by atoms with Gasteiger partial charge in [-0.2, -0.15) is 0 Å². The molecule has 3 heteroatoms. The fraction of sp³-hybridized carbons (Fsp3) is 0.250. The lowest BCUT2D eigenvalue weighted by Crippen LogP contribution is -2.03. The Balaban J connectivity index is 2.00. The molecule has 0 spiro atoms. The fourth-order valence-electron chi connectivity index (χ4n) is 2.46. The van der Waals surface area contributed by atoms with Crippen LogP contribution in [0.25, 0.3) is 0 Å². The molecular weight excluding hydrogens is 304 g/mol. The first-order valence-electron chi connectivity index (χ1n) is 6.29. The van der Waals surface area contributed by atoms with Gasteiger partial charge in [0.05, 0.1) is 13.2 Å². The van der Waals surface area contributed by atoms with E-state index in [0.717, 1.165) is 21.2 Å². The van der Waals surface area contributed by atoms with Gasteiger partial charge in [0.2, 0.25) is 0 Å². The Morgan fingerprint density at radius 2 is 1.95 bits per heavy atom. The normalized spacial score (nSPS) is 15.3. The van der Waals surface area contributed by atoms with Crippen LogP contribution in [0.1, 0.15) is 33.9 Å². The average molecular weight is 319 g/mol. The van der Waals surface area contributed by atoms with Gasteiger partial charge in [-0.1, -0.05) is 46.3 Å². The Morgan fingerprint density at radius 3 is 2.79 bits per heavy atom. The number of hydrogen-bond donors (Lipinski definition) is 1. The van der Waals surface area contributed by atoms with Crippen molar-refractivity contribution in [3.05, 3.63) is 68.7 Å². The standard InChI is InChI=1S/C16H15BrO2/c1-10-14(3-2-4-15(10)17)16(18)11-5-6-12-8-19-9-13(12)7-11/h2-7,16,18H,8-9H2,1H3. The summed E-state index contributed by atoms with van der Waals surface area (Å²) in [4.78, 5) is 0. The van der Waals surface area contributed by atoms with Gasteiger partial charge in [0.25, 0.3) is 0 Å². The third-order valence-corrected chi connectivity index (χ3v) is 4.52. The lowest BCUT2D eigenvalue weighted by Gasteiger charge is -2.16. The van der Waals surface area contributed by atoms with Crippen molar-refractivity contribution in [1.29, 1.82) is 0 Å². The zero-order valence-corrected chi connectivity index (χ0v) is 12.3. The number of aliphatic hydroxyl groups is 1. The van der Waals surface area contributed by atoms with Crippen molar-refractivity contribution in [3.63, 3.8) is 0 Å². The molecule has 1 N–H and O–H groups in total. The Hall–Kier alpha value is -1.16. The summed E-state index contributed by atoms with van der Waals surface area (Å²) in [6.45, 7) is 3.34. The van der Waals surface area contributed by atoms with Crippen molar-refractivity contribution < 1.29 is 9.84 Å². The number of halogens is 1. The zero-order chi connectivity index (χ0) is 13.4. The van der Waals surface area contributed by atoms with Gasteiger partial charge in [-0.3, -0.25) is 0 Å². The number of rotatable bonds is 2. The molecular formula is C16H15BrO2. The lowest BCUT2D eigenvalue weighted by atomic mass is 9.95. The molecule has 0 aliphatic carbocycles. The van der Waals surface area contributed by atoms with Crippen molar-refractivity contribution in [1.82, 2.24) is 0 Å². The molecule has 19 heavy (non-hydrogen) atoms. The Kier molecular flexibility index (Phi) is 3.44. The molecule has 1 aliphatic rings. The fourth-order valence-corrected chi connectivity index (χ4v) is 2.84. The minimum absolute atomic E-state index is 0.594. The van der Waals surface area contributed by atoms with E-state index in [1.165, 1.54) is 11.1 Å². The number of benzene rings is 2. The van der Waals surface area contributed by atoms with Crippen molar-refractivity contribution in [2.45, 2.75) is 26.2 Å². The highest BCUT2D eigenvalue weighted by atomic mass is 79.9. The van der Waals surface area contributed by atoms with Gasteiger partial charge < -0.3 is 9.84 Å². The van der Waals surface area contributed by atoms with Crippen LogP contribution in [0.4, 0.5) is 0 Å². The van der Waals surface area contributed by atoms with Crippen molar-refractivity contribution in [2.75, 3.05) is 0 Å². The number of aliphatic hydroxyl groups excluding tert-OH is 1. The van der Waals surface area contributed by atoms with Crippen molar-refractivity contribution >= 4 is 15.9 Å². The third kappa shape index (κ3) is 2.34. The summed E-state index contributed by atoms with van der Waals surface area (Å²) in [7, 11) is 0. The molecule has 0 bridgehead atoms. The highest BCUT2D eigenvalue weighted by molar-refractivity contribution is 9.10. The second-order valence-corrected chi connectivity index (χ2v) is 5.73. The van der Waals surface area contributed by atoms with E-state index in [4.69, 9.17) is 4.74 Å². The maximum Gasteiger partial charge on any atom is 0.104 e. The van der Waals surface area contributed by atoms with Crippen LogP contribution in [0.2, 0.25) is 0 Å². The van der Waals surface area contributed by atoms with Crippen LogP contribution in [0, 0.1) is 6.92 Å². The van der Waals surface area contributed by atoms with Crippen LogP contribution in [0.5, 0.6) is 0 Å². The summed E-state index contributed by atoms with van der Waals surface area (Å²) in [6.07, 6.45) is -0.594.